The van der Waals surface area contributed by atoms with Crippen LogP contribution in [0, 0.1) is 0 Å². The van der Waals surface area contributed by atoms with E-state index in [0.29, 0.717) is 41.7 Å². The van der Waals surface area contributed by atoms with Gasteiger partial charge in [-0.05, 0) is 76.3 Å². The molecule has 0 fully saturated rings. The highest BCUT2D eigenvalue weighted by Crippen LogP contribution is 2.34. The van der Waals surface area contributed by atoms with E-state index in [0.717, 1.165) is 42.7 Å². The van der Waals surface area contributed by atoms with Crippen molar-refractivity contribution >= 4 is 23.2 Å². The molecule has 1 atom stereocenters. The number of ether oxygens (including phenoxy) is 2. The molecule has 0 aromatic heterocycles. The van der Waals surface area contributed by atoms with Gasteiger partial charge in [0.25, 0.3) is 5.91 Å². The zero-order chi connectivity index (χ0) is 25.6. The number of primary amides is 1. The van der Waals surface area contributed by atoms with Gasteiger partial charge in [-0.3, -0.25) is 4.79 Å². The number of rotatable bonds is 12. The Labute approximate surface area is 213 Å². The normalized spacial score (nSPS) is 14.1. The van der Waals surface area contributed by atoms with Crippen LogP contribution in [-0.2, 0) is 12.8 Å². The summed E-state index contributed by atoms with van der Waals surface area (Å²) in [7, 11) is 0. The van der Waals surface area contributed by atoms with E-state index in [4.69, 9.17) is 26.8 Å². The van der Waals surface area contributed by atoms with Crippen LogP contribution < -0.4 is 25.4 Å². The molecule has 0 saturated heterocycles. The molecule has 1 aliphatic rings. The molecule has 0 aliphatic carbocycles. The Kier molecular flexibility index (Phi) is 9.27. The monoisotopic (exact) mass is 503 g/mol. The molecule has 2 aromatic carbocycles. The summed E-state index contributed by atoms with van der Waals surface area (Å²) in [5.74, 6) is 0.877. The summed E-state index contributed by atoms with van der Waals surface area (Å²) in [6, 6.07) is 9.66. The standard InChI is InChI=1S/C27H38ClN3O4/c1-18(30-9-13-34-23-7-6-21(28)17-24(23)35-27(2,3)4)14-19-15-20-8-11-31(10-5-12-32)25(20)22(16-19)26(29)33/h6-7,15-18,30,32H,5,8-14H2,1-4H3,(H2,29,33). The number of aliphatic hydroxyl groups excluding tert-OH is 1. The molecule has 1 unspecified atom stereocenters. The van der Waals surface area contributed by atoms with Crippen LogP contribution in [0.2, 0.25) is 5.02 Å². The quantitative estimate of drug-likeness (QED) is 0.379. The predicted molar refractivity (Wildman–Crippen MR) is 141 cm³/mol. The first kappa shape index (κ1) is 27.1. The van der Waals surface area contributed by atoms with Crippen LogP contribution in [-0.4, -0.2) is 55.5 Å². The van der Waals surface area contributed by atoms with Crippen molar-refractivity contribution in [3.63, 3.8) is 0 Å². The van der Waals surface area contributed by atoms with E-state index in [-0.39, 0.29) is 18.2 Å². The van der Waals surface area contributed by atoms with Crippen molar-refractivity contribution in [1.29, 1.82) is 0 Å². The maximum absolute atomic E-state index is 12.2. The van der Waals surface area contributed by atoms with E-state index in [1.807, 2.05) is 32.9 Å². The minimum absolute atomic E-state index is 0.131. The first-order chi connectivity index (χ1) is 16.6. The number of carbonyl (C=O) groups excluding carboxylic acids is 1. The summed E-state index contributed by atoms with van der Waals surface area (Å²) in [6.45, 7) is 10.9. The fraction of sp³-hybridized carbons (Fsp3) is 0.519. The van der Waals surface area contributed by atoms with Gasteiger partial charge in [-0.15, -0.1) is 0 Å². The molecule has 0 bridgehead atoms. The summed E-state index contributed by atoms with van der Waals surface area (Å²) < 4.78 is 11.9. The highest BCUT2D eigenvalue weighted by Gasteiger charge is 2.25. The molecule has 7 nitrogen and oxygen atoms in total. The fourth-order valence-electron chi connectivity index (χ4n) is 4.39. The molecule has 0 radical (unpaired) electrons. The van der Waals surface area contributed by atoms with Crippen LogP contribution in [0.25, 0.3) is 0 Å². The number of anilines is 1. The van der Waals surface area contributed by atoms with Crippen molar-refractivity contribution in [2.45, 2.75) is 58.6 Å². The number of hydrogen-bond acceptors (Lipinski definition) is 6. The van der Waals surface area contributed by atoms with Crippen LogP contribution in [0.1, 0.15) is 55.6 Å². The Morgan fingerprint density at radius 2 is 2.03 bits per heavy atom. The van der Waals surface area contributed by atoms with Crippen molar-refractivity contribution in [2.24, 2.45) is 5.73 Å². The smallest absolute Gasteiger partial charge is 0.250 e. The third-order valence-electron chi connectivity index (χ3n) is 5.78. The molecule has 1 heterocycles. The predicted octanol–water partition coefficient (Wildman–Crippen LogP) is 3.96. The summed E-state index contributed by atoms with van der Waals surface area (Å²) in [5, 5.41) is 13.3. The first-order valence-corrected chi connectivity index (χ1v) is 12.6. The zero-order valence-electron chi connectivity index (χ0n) is 21.2. The molecule has 2 aromatic rings. The molecule has 4 N–H and O–H groups in total. The number of carbonyl (C=O) groups is 1. The highest BCUT2D eigenvalue weighted by molar-refractivity contribution is 6.30. The Hall–Kier alpha value is -2.48. The summed E-state index contributed by atoms with van der Waals surface area (Å²) in [6.07, 6.45) is 2.32. The number of hydrogen-bond donors (Lipinski definition) is 3. The number of nitrogens with two attached hydrogens (primary N) is 1. The molecule has 0 spiro atoms. The minimum Gasteiger partial charge on any atom is -0.488 e. The average Bonchev–Trinajstić information content (AvgIpc) is 3.17. The molecule has 192 valence electrons. The lowest BCUT2D eigenvalue weighted by molar-refractivity contribution is 0.100. The van der Waals surface area contributed by atoms with Crippen molar-refractivity contribution < 1.29 is 19.4 Å². The van der Waals surface area contributed by atoms with Gasteiger partial charge in [-0.2, -0.15) is 0 Å². The maximum atomic E-state index is 12.2. The summed E-state index contributed by atoms with van der Waals surface area (Å²) in [5.41, 5.74) is 9.10. The van der Waals surface area contributed by atoms with Gasteiger partial charge >= 0.3 is 0 Å². The average molecular weight is 504 g/mol. The third kappa shape index (κ3) is 7.75. The van der Waals surface area contributed by atoms with Crippen LogP contribution in [0.15, 0.2) is 30.3 Å². The Morgan fingerprint density at radius 3 is 2.71 bits per heavy atom. The van der Waals surface area contributed by atoms with Crippen LogP contribution in [0.3, 0.4) is 0 Å². The largest absolute Gasteiger partial charge is 0.488 e. The number of amides is 1. The summed E-state index contributed by atoms with van der Waals surface area (Å²) in [4.78, 5) is 14.3. The van der Waals surface area contributed by atoms with Crippen molar-refractivity contribution in [1.82, 2.24) is 5.32 Å². The molecule has 1 amide bonds. The maximum Gasteiger partial charge on any atom is 0.250 e. The molecule has 35 heavy (non-hydrogen) atoms. The van der Waals surface area contributed by atoms with E-state index in [1.165, 1.54) is 0 Å². The lowest BCUT2D eigenvalue weighted by Gasteiger charge is -2.23. The second-order valence-electron chi connectivity index (χ2n) is 10.0. The second-order valence-corrected chi connectivity index (χ2v) is 10.5. The number of nitrogens with zero attached hydrogens (tertiary/aromatic N) is 1. The number of halogens is 1. The van der Waals surface area contributed by atoms with E-state index in [1.54, 1.807) is 12.1 Å². The van der Waals surface area contributed by atoms with Gasteiger partial charge in [0.1, 0.15) is 12.2 Å². The number of nitrogens with one attached hydrogen (secondary N) is 1. The van der Waals surface area contributed by atoms with E-state index >= 15 is 0 Å². The van der Waals surface area contributed by atoms with Crippen molar-refractivity contribution in [3.05, 3.63) is 52.0 Å². The fourth-order valence-corrected chi connectivity index (χ4v) is 4.55. The van der Waals surface area contributed by atoms with Crippen molar-refractivity contribution in [2.75, 3.05) is 37.7 Å². The highest BCUT2D eigenvalue weighted by atomic mass is 35.5. The second kappa shape index (κ2) is 12.0. The van der Waals surface area contributed by atoms with Gasteiger partial charge in [-0.1, -0.05) is 17.7 Å². The van der Waals surface area contributed by atoms with Gasteiger partial charge in [0.15, 0.2) is 11.5 Å². The van der Waals surface area contributed by atoms with E-state index < -0.39 is 5.91 Å². The van der Waals surface area contributed by atoms with Gasteiger partial charge in [0.05, 0.1) is 11.3 Å². The zero-order valence-corrected chi connectivity index (χ0v) is 22.0. The van der Waals surface area contributed by atoms with Gasteiger partial charge in [0, 0.05) is 43.4 Å². The van der Waals surface area contributed by atoms with Crippen molar-refractivity contribution in [3.8, 4) is 11.5 Å². The van der Waals surface area contributed by atoms with E-state index in [2.05, 4.69) is 23.2 Å². The summed E-state index contributed by atoms with van der Waals surface area (Å²) >= 11 is 6.13. The molecule has 8 heteroatoms. The number of fused-ring (bicyclic) bond motifs is 1. The lowest BCUT2D eigenvalue weighted by Crippen LogP contribution is -2.32. The van der Waals surface area contributed by atoms with Crippen LogP contribution in [0.4, 0.5) is 5.69 Å². The van der Waals surface area contributed by atoms with Gasteiger partial charge in [-0.25, -0.2) is 0 Å². The molecule has 3 rings (SSSR count). The molecular weight excluding hydrogens is 466 g/mol. The lowest BCUT2D eigenvalue weighted by atomic mass is 9.98. The van der Waals surface area contributed by atoms with Crippen LogP contribution >= 0.6 is 11.6 Å². The topological polar surface area (TPSA) is 97.1 Å². The first-order valence-electron chi connectivity index (χ1n) is 12.2. The molecule has 0 saturated carbocycles. The molecular formula is C27H38ClN3O4. The SMILES string of the molecule is CC(Cc1cc2c(c(C(N)=O)c1)N(CCCO)CC2)NCCOc1ccc(Cl)cc1OC(C)(C)C. The Bertz CT molecular complexity index is 1020. The Morgan fingerprint density at radius 1 is 1.26 bits per heavy atom. The van der Waals surface area contributed by atoms with Crippen LogP contribution in [0.5, 0.6) is 11.5 Å². The minimum atomic E-state index is -0.413. The number of aliphatic hydroxyl groups is 1. The Balaban J connectivity index is 1.57. The van der Waals surface area contributed by atoms with Gasteiger partial charge < -0.3 is 30.5 Å². The third-order valence-corrected chi connectivity index (χ3v) is 6.02. The number of benzene rings is 2. The van der Waals surface area contributed by atoms with Gasteiger partial charge in [0.2, 0.25) is 0 Å². The molecule has 1 aliphatic heterocycles. The van der Waals surface area contributed by atoms with E-state index in [9.17, 15) is 9.90 Å².